The normalized spacial score (nSPS) is 20.6. The number of nitrogens with one attached hydrogen (secondary N) is 3. The molecule has 8 heteroatoms. The van der Waals surface area contributed by atoms with Gasteiger partial charge in [0.05, 0.1) is 12.2 Å². The zero-order valence-electron chi connectivity index (χ0n) is 18.0. The van der Waals surface area contributed by atoms with E-state index < -0.39 is 5.60 Å². The van der Waals surface area contributed by atoms with Crippen molar-refractivity contribution in [1.82, 2.24) is 20.9 Å². The fourth-order valence-electron chi connectivity index (χ4n) is 3.12. The average Bonchev–Trinajstić information content (AvgIpc) is 2.91. The van der Waals surface area contributed by atoms with Gasteiger partial charge in [-0.2, -0.15) is 0 Å². The lowest BCUT2D eigenvalue weighted by atomic mass is 9.91. The van der Waals surface area contributed by atoms with Crippen LogP contribution in [0.2, 0.25) is 0 Å². The smallest absolute Gasteiger partial charge is 0.407 e. The largest absolute Gasteiger partial charge is 0.444 e. The highest BCUT2D eigenvalue weighted by molar-refractivity contribution is 7.11. The molecular formula is C20H35N5O2S. The van der Waals surface area contributed by atoms with E-state index in [2.05, 4.69) is 34.8 Å². The van der Waals surface area contributed by atoms with E-state index in [0.717, 1.165) is 48.9 Å². The van der Waals surface area contributed by atoms with Gasteiger partial charge >= 0.3 is 6.09 Å². The van der Waals surface area contributed by atoms with E-state index in [1.807, 2.05) is 27.7 Å². The summed E-state index contributed by atoms with van der Waals surface area (Å²) in [5.74, 6) is 0.830. The third-order valence-corrected chi connectivity index (χ3v) is 5.64. The first-order valence-corrected chi connectivity index (χ1v) is 10.9. The SMILES string of the molecule is CCNC(=NCc1nc(C)c(C)s1)NC1CCC(NC(=O)OC(C)(C)C)CC1. The van der Waals surface area contributed by atoms with Crippen molar-refractivity contribution in [3.63, 3.8) is 0 Å². The van der Waals surface area contributed by atoms with Crippen molar-refractivity contribution in [2.24, 2.45) is 4.99 Å². The van der Waals surface area contributed by atoms with Gasteiger partial charge in [-0.3, -0.25) is 0 Å². The number of rotatable bonds is 5. The van der Waals surface area contributed by atoms with Crippen molar-refractivity contribution >= 4 is 23.4 Å². The van der Waals surface area contributed by atoms with Crippen molar-refractivity contribution in [1.29, 1.82) is 0 Å². The predicted molar refractivity (Wildman–Crippen MR) is 115 cm³/mol. The van der Waals surface area contributed by atoms with Crippen LogP contribution in [0, 0.1) is 13.8 Å². The van der Waals surface area contributed by atoms with E-state index in [1.54, 1.807) is 11.3 Å². The second kappa shape index (κ2) is 10.1. The zero-order valence-corrected chi connectivity index (χ0v) is 18.8. The van der Waals surface area contributed by atoms with E-state index in [9.17, 15) is 4.79 Å². The number of hydrogen-bond acceptors (Lipinski definition) is 5. The summed E-state index contributed by atoms with van der Waals surface area (Å²) in [6.45, 7) is 13.2. The monoisotopic (exact) mass is 409 g/mol. The highest BCUT2D eigenvalue weighted by atomic mass is 32.1. The minimum atomic E-state index is -0.464. The molecule has 0 spiro atoms. The van der Waals surface area contributed by atoms with Crippen LogP contribution in [-0.4, -0.2) is 41.3 Å². The van der Waals surface area contributed by atoms with Gasteiger partial charge in [0.25, 0.3) is 0 Å². The Kier molecular flexibility index (Phi) is 8.10. The third-order valence-electron chi connectivity index (χ3n) is 4.58. The summed E-state index contributed by atoms with van der Waals surface area (Å²) in [6, 6.07) is 0.531. The highest BCUT2D eigenvalue weighted by Gasteiger charge is 2.25. The summed E-state index contributed by atoms with van der Waals surface area (Å²) >= 11 is 1.70. The van der Waals surface area contributed by atoms with E-state index in [-0.39, 0.29) is 12.1 Å². The van der Waals surface area contributed by atoms with Crippen LogP contribution < -0.4 is 16.0 Å². The fraction of sp³-hybridized carbons (Fsp3) is 0.750. The Bertz CT molecular complexity index is 653. The van der Waals surface area contributed by atoms with Crippen LogP contribution in [0.3, 0.4) is 0 Å². The molecule has 28 heavy (non-hydrogen) atoms. The molecule has 0 radical (unpaired) electrons. The molecule has 0 atom stereocenters. The van der Waals surface area contributed by atoms with Crippen molar-refractivity contribution in [3.8, 4) is 0 Å². The van der Waals surface area contributed by atoms with Gasteiger partial charge in [-0.05, 0) is 67.2 Å². The van der Waals surface area contributed by atoms with Crippen LogP contribution >= 0.6 is 11.3 Å². The van der Waals surface area contributed by atoms with Crippen molar-refractivity contribution in [2.45, 2.75) is 91.5 Å². The molecule has 3 N–H and O–H groups in total. The number of aryl methyl sites for hydroxylation is 2. The molecule has 0 bridgehead atoms. The van der Waals surface area contributed by atoms with Crippen molar-refractivity contribution < 1.29 is 9.53 Å². The van der Waals surface area contributed by atoms with Crippen LogP contribution in [0.1, 0.15) is 69.0 Å². The van der Waals surface area contributed by atoms with Gasteiger partial charge in [0, 0.05) is 23.5 Å². The number of nitrogens with zero attached hydrogens (tertiary/aromatic N) is 2. The molecule has 0 aliphatic heterocycles. The molecule has 1 aliphatic rings. The molecule has 0 unspecified atom stereocenters. The average molecular weight is 410 g/mol. The molecule has 158 valence electrons. The number of thiazole rings is 1. The lowest BCUT2D eigenvalue weighted by molar-refractivity contribution is 0.0490. The first-order chi connectivity index (χ1) is 13.2. The molecule has 7 nitrogen and oxygen atoms in total. The molecule has 1 aromatic rings. The maximum atomic E-state index is 11.9. The number of carbonyl (C=O) groups excluding carboxylic acids is 1. The number of alkyl carbamates (subject to hydrolysis) is 1. The minimum absolute atomic E-state index is 0.175. The number of aromatic nitrogens is 1. The number of aliphatic imine (C=N–C) groups is 1. The molecule has 1 aromatic heterocycles. The summed E-state index contributed by atoms with van der Waals surface area (Å²) in [6.07, 6.45) is 3.51. The Hall–Kier alpha value is -1.83. The lowest BCUT2D eigenvalue weighted by Gasteiger charge is -2.31. The van der Waals surface area contributed by atoms with Gasteiger partial charge < -0.3 is 20.7 Å². The van der Waals surface area contributed by atoms with Crippen molar-refractivity contribution in [3.05, 3.63) is 15.6 Å². The Labute approximate surface area is 172 Å². The molecule has 0 aromatic carbocycles. The van der Waals surface area contributed by atoms with E-state index in [1.165, 1.54) is 4.88 Å². The molecule has 2 rings (SSSR count). The summed E-state index contributed by atoms with van der Waals surface area (Å²) < 4.78 is 5.35. The number of guanidine groups is 1. The highest BCUT2D eigenvalue weighted by Crippen LogP contribution is 2.20. The number of amides is 1. The van der Waals surface area contributed by atoms with Gasteiger partial charge in [-0.25, -0.2) is 14.8 Å². The Morgan fingerprint density at radius 2 is 1.79 bits per heavy atom. The maximum Gasteiger partial charge on any atom is 0.407 e. The van der Waals surface area contributed by atoms with Gasteiger partial charge in [0.15, 0.2) is 5.96 Å². The number of hydrogen-bond donors (Lipinski definition) is 3. The van der Waals surface area contributed by atoms with Crippen LogP contribution in [0.5, 0.6) is 0 Å². The van der Waals surface area contributed by atoms with Gasteiger partial charge in [0.1, 0.15) is 10.6 Å². The molecule has 1 fully saturated rings. The standard InChI is InChI=1S/C20H35N5O2S/c1-7-21-18(22-12-17-23-13(2)14(3)28-17)24-15-8-10-16(11-9-15)25-19(26)27-20(4,5)6/h15-16H,7-12H2,1-6H3,(H,25,26)(H2,21,22,24). The first kappa shape index (κ1) is 22.5. The minimum Gasteiger partial charge on any atom is -0.444 e. The maximum absolute atomic E-state index is 11.9. The molecular weight excluding hydrogens is 374 g/mol. The van der Waals surface area contributed by atoms with Gasteiger partial charge in [-0.15, -0.1) is 11.3 Å². The molecule has 1 saturated carbocycles. The summed E-state index contributed by atoms with van der Waals surface area (Å²) in [5, 5.41) is 10.9. The van der Waals surface area contributed by atoms with Crippen LogP contribution in [0.15, 0.2) is 4.99 Å². The topological polar surface area (TPSA) is 87.6 Å². The zero-order chi connectivity index (χ0) is 20.7. The quantitative estimate of drug-likeness (QED) is 0.510. The lowest BCUT2D eigenvalue weighted by Crippen LogP contribution is -2.48. The third kappa shape index (κ3) is 7.66. The Balaban J connectivity index is 1.81. The molecule has 1 heterocycles. The van der Waals surface area contributed by atoms with Crippen molar-refractivity contribution in [2.75, 3.05) is 6.54 Å². The summed E-state index contributed by atoms with van der Waals surface area (Å²) in [5.41, 5.74) is 0.623. The summed E-state index contributed by atoms with van der Waals surface area (Å²) in [4.78, 5) is 22.4. The van der Waals surface area contributed by atoms with Crippen LogP contribution in [0.4, 0.5) is 4.79 Å². The fourth-order valence-corrected chi connectivity index (χ4v) is 3.98. The van der Waals surface area contributed by atoms with Gasteiger partial charge in [-0.1, -0.05) is 0 Å². The molecule has 1 aliphatic carbocycles. The summed E-state index contributed by atoms with van der Waals surface area (Å²) in [7, 11) is 0. The van der Waals surface area contributed by atoms with E-state index >= 15 is 0 Å². The number of carbonyl (C=O) groups is 1. The molecule has 1 amide bonds. The Morgan fingerprint density at radius 3 is 2.29 bits per heavy atom. The Morgan fingerprint density at radius 1 is 1.18 bits per heavy atom. The number of ether oxygens (including phenoxy) is 1. The first-order valence-electron chi connectivity index (χ1n) is 10.1. The second-order valence-electron chi connectivity index (χ2n) is 8.28. The van der Waals surface area contributed by atoms with E-state index in [4.69, 9.17) is 9.73 Å². The second-order valence-corrected chi connectivity index (χ2v) is 9.57. The molecule has 0 saturated heterocycles. The van der Waals surface area contributed by atoms with Gasteiger partial charge in [0.2, 0.25) is 0 Å². The van der Waals surface area contributed by atoms with Crippen LogP contribution in [-0.2, 0) is 11.3 Å². The van der Waals surface area contributed by atoms with Crippen LogP contribution in [0.25, 0.3) is 0 Å². The van der Waals surface area contributed by atoms with E-state index in [0.29, 0.717) is 12.6 Å². The predicted octanol–water partition coefficient (Wildman–Crippen LogP) is 3.65.